The average Bonchev–Trinajstić information content (AvgIpc) is 2.26. The summed E-state index contributed by atoms with van der Waals surface area (Å²) in [5.74, 6) is 2.56. The summed E-state index contributed by atoms with van der Waals surface area (Å²) < 4.78 is 0. The van der Waals surface area contributed by atoms with Gasteiger partial charge in [0.25, 0.3) is 0 Å². The van der Waals surface area contributed by atoms with E-state index in [1.54, 1.807) is 0 Å². The fourth-order valence-electron chi connectivity index (χ4n) is 2.01. The van der Waals surface area contributed by atoms with E-state index in [9.17, 15) is 0 Å². The van der Waals surface area contributed by atoms with E-state index in [1.807, 2.05) is 25.1 Å². The highest BCUT2D eigenvalue weighted by Crippen LogP contribution is 2.18. The van der Waals surface area contributed by atoms with Crippen molar-refractivity contribution in [2.24, 2.45) is 5.41 Å². The molecule has 19 heavy (non-hydrogen) atoms. The minimum absolute atomic E-state index is 0.192. The number of benzene rings is 1. The summed E-state index contributed by atoms with van der Waals surface area (Å²) in [6, 6.07) is 10.3. The monoisotopic (exact) mass is 255 g/mol. The third-order valence-corrected chi connectivity index (χ3v) is 2.73. The van der Waals surface area contributed by atoms with Crippen molar-refractivity contribution in [3.05, 3.63) is 53.4 Å². The molecule has 0 fully saturated rings. The zero-order valence-electron chi connectivity index (χ0n) is 12.1. The molecular weight excluding hydrogens is 234 g/mol. The maximum Gasteiger partial charge on any atom is 0.136 e. The maximum absolute atomic E-state index is 4.59. The summed E-state index contributed by atoms with van der Waals surface area (Å²) in [6.45, 7) is 8.53. The SMILES string of the molecule is Cc1nc(Cc2ccccc2)nc(CC(C)(C)C)n1. The molecule has 0 saturated carbocycles. The number of aromatic nitrogens is 3. The zero-order valence-corrected chi connectivity index (χ0v) is 12.1. The van der Waals surface area contributed by atoms with E-state index in [-0.39, 0.29) is 5.41 Å². The molecule has 0 bridgehead atoms. The van der Waals surface area contributed by atoms with Crippen LogP contribution in [0.15, 0.2) is 30.3 Å². The molecule has 0 saturated heterocycles. The lowest BCUT2D eigenvalue weighted by Crippen LogP contribution is -2.14. The largest absolute Gasteiger partial charge is 0.218 e. The van der Waals surface area contributed by atoms with Gasteiger partial charge in [0.15, 0.2) is 0 Å². The van der Waals surface area contributed by atoms with Crippen molar-refractivity contribution in [3.63, 3.8) is 0 Å². The van der Waals surface area contributed by atoms with E-state index in [0.717, 1.165) is 30.3 Å². The second-order valence-electron chi connectivity index (χ2n) is 6.11. The first-order valence-corrected chi connectivity index (χ1v) is 6.67. The lowest BCUT2D eigenvalue weighted by molar-refractivity contribution is 0.398. The van der Waals surface area contributed by atoms with Crippen LogP contribution in [0.3, 0.4) is 0 Å². The topological polar surface area (TPSA) is 38.7 Å². The lowest BCUT2D eigenvalue weighted by Gasteiger charge is -2.17. The molecule has 2 rings (SSSR count). The maximum atomic E-state index is 4.59. The first-order valence-electron chi connectivity index (χ1n) is 6.67. The highest BCUT2D eigenvalue weighted by Gasteiger charge is 2.14. The first-order chi connectivity index (χ1) is 8.92. The van der Waals surface area contributed by atoms with Gasteiger partial charge in [0.2, 0.25) is 0 Å². The Bertz CT molecular complexity index is 542. The number of hydrogen-bond acceptors (Lipinski definition) is 3. The van der Waals surface area contributed by atoms with Crippen LogP contribution < -0.4 is 0 Å². The average molecular weight is 255 g/mol. The molecule has 0 spiro atoms. The molecule has 3 heteroatoms. The molecule has 1 aromatic heterocycles. The van der Waals surface area contributed by atoms with Gasteiger partial charge < -0.3 is 0 Å². The second-order valence-corrected chi connectivity index (χ2v) is 6.11. The second kappa shape index (κ2) is 5.47. The predicted molar refractivity (Wildman–Crippen MR) is 77.0 cm³/mol. The van der Waals surface area contributed by atoms with Crippen LogP contribution in [0, 0.1) is 12.3 Å². The van der Waals surface area contributed by atoms with Crippen molar-refractivity contribution in [2.45, 2.75) is 40.5 Å². The molecule has 0 atom stereocenters. The highest BCUT2D eigenvalue weighted by molar-refractivity contribution is 5.19. The van der Waals surface area contributed by atoms with Crippen LogP contribution in [-0.2, 0) is 12.8 Å². The minimum atomic E-state index is 0.192. The van der Waals surface area contributed by atoms with Gasteiger partial charge in [-0.3, -0.25) is 0 Å². The van der Waals surface area contributed by atoms with Gasteiger partial charge in [-0.05, 0) is 17.9 Å². The molecule has 0 unspecified atom stereocenters. The molecule has 0 radical (unpaired) electrons. The van der Waals surface area contributed by atoms with E-state index in [4.69, 9.17) is 0 Å². The Hall–Kier alpha value is -1.77. The van der Waals surface area contributed by atoms with Gasteiger partial charge in [0, 0.05) is 12.8 Å². The van der Waals surface area contributed by atoms with Crippen molar-refractivity contribution in [2.75, 3.05) is 0 Å². The Morgan fingerprint density at radius 2 is 1.53 bits per heavy atom. The van der Waals surface area contributed by atoms with E-state index >= 15 is 0 Å². The summed E-state index contributed by atoms with van der Waals surface area (Å²) >= 11 is 0. The molecule has 100 valence electrons. The lowest BCUT2D eigenvalue weighted by atomic mass is 9.92. The van der Waals surface area contributed by atoms with Gasteiger partial charge in [0.05, 0.1) is 0 Å². The number of hydrogen-bond donors (Lipinski definition) is 0. The third-order valence-electron chi connectivity index (χ3n) is 2.73. The van der Waals surface area contributed by atoms with Gasteiger partial charge in [-0.25, -0.2) is 15.0 Å². The Balaban J connectivity index is 2.22. The van der Waals surface area contributed by atoms with E-state index < -0.39 is 0 Å². The third kappa shape index (κ3) is 4.43. The Labute approximate surface area is 115 Å². The van der Waals surface area contributed by atoms with Crippen LogP contribution >= 0.6 is 0 Å². The molecule has 1 aromatic carbocycles. The normalized spacial score (nSPS) is 11.6. The first kappa shape index (κ1) is 13.7. The molecule has 0 N–H and O–H groups in total. The molecule has 3 nitrogen and oxygen atoms in total. The van der Waals surface area contributed by atoms with E-state index in [2.05, 4.69) is 47.9 Å². The molecule has 1 heterocycles. The smallest absolute Gasteiger partial charge is 0.136 e. The Morgan fingerprint density at radius 3 is 2.16 bits per heavy atom. The van der Waals surface area contributed by atoms with Crippen LogP contribution in [-0.4, -0.2) is 15.0 Å². The zero-order chi connectivity index (χ0) is 13.9. The summed E-state index contributed by atoms with van der Waals surface area (Å²) in [5.41, 5.74) is 1.42. The molecule has 0 aliphatic heterocycles. The van der Waals surface area contributed by atoms with Crippen molar-refractivity contribution in [1.29, 1.82) is 0 Å². The fraction of sp³-hybridized carbons (Fsp3) is 0.438. The summed E-state index contributed by atoms with van der Waals surface area (Å²) in [4.78, 5) is 13.5. The summed E-state index contributed by atoms with van der Waals surface area (Å²) in [6.07, 6.45) is 1.64. The van der Waals surface area contributed by atoms with Gasteiger partial charge in [-0.1, -0.05) is 51.1 Å². The van der Waals surface area contributed by atoms with E-state index in [1.165, 1.54) is 5.56 Å². The van der Waals surface area contributed by atoms with Gasteiger partial charge in [-0.15, -0.1) is 0 Å². The Morgan fingerprint density at radius 1 is 0.895 bits per heavy atom. The Kier molecular flexibility index (Phi) is 3.93. The summed E-state index contributed by atoms with van der Waals surface area (Å²) in [5, 5.41) is 0. The molecule has 2 aromatic rings. The van der Waals surface area contributed by atoms with Crippen molar-refractivity contribution >= 4 is 0 Å². The van der Waals surface area contributed by atoms with Crippen LogP contribution in [0.1, 0.15) is 43.8 Å². The number of rotatable bonds is 3. The summed E-state index contributed by atoms with van der Waals surface area (Å²) in [7, 11) is 0. The van der Waals surface area contributed by atoms with Gasteiger partial charge in [0.1, 0.15) is 17.5 Å². The molecule has 0 aliphatic carbocycles. The van der Waals surface area contributed by atoms with E-state index in [0.29, 0.717) is 0 Å². The van der Waals surface area contributed by atoms with Crippen LogP contribution in [0.25, 0.3) is 0 Å². The van der Waals surface area contributed by atoms with Crippen molar-refractivity contribution < 1.29 is 0 Å². The standard InChI is InChI=1S/C16H21N3/c1-12-17-14(10-13-8-6-5-7-9-13)19-15(18-12)11-16(2,3)4/h5-9H,10-11H2,1-4H3. The molecule has 0 aliphatic rings. The van der Waals surface area contributed by atoms with Gasteiger partial charge >= 0.3 is 0 Å². The fourth-order valence-corrected chi connectivity index (χ4v) is 2.01. The molecular formula is C16H21N3. The number of aryl methyl sites for hydroxylation is 1. The van der Waals surface area contributed by atoms with Crippen LogP contribution in [0.5, 0.6) is 0 Å². The van der Waals surface area contributed by atoms with Crippen LogP contribution in [0.4, 0.5) is 0 Å². The van der Waals surface area contributed by atoms with Crippen molar-refractivity contribution in [1.82, 2.24) is 15.0 Å². The highest BCUT2D eigenvalue weighted by atomic mass is 15.0. The van der Waals surface area contributed by atoms with Gasteiger partial charge in [-0.2, -0.15) is 0 Å². The quantitative estimate of drug-likeness (QED) is 0.844. The predicted octanol–water partition coefficient (Wildman–Crippen LogP) is 3.36. The van der Waals surface area contributed by atoms with Crippen LogP contribution in [0.2, 0.25) is 0 Å². The number of nitrogens with zero attached hydrogens (tertiary/aromatic N) is 3. The van der Waals surface area contributed by atoms with Crippen molar-refractivity contribution in [3.8, 4) is 0 Å². The molecule has 0 amide bonds. The minimum Gasteiger partial charge on any atom is -0.218 e.